The summed E-state index contributed by atoms with van der Waals surface area (Å²) < 4.78 is 2.53. The summed E-state index contributed by atoms with van der Waals surface area (Å²) in [6.45, 7) is 4.67. The number of Topliss-reactive ketones (excluding diaryl/α,β-unsaturated/α-hetero) is 1. The summed E-state index contributed by atoms with van der Waals surface area (Å²) in [7, 11) is 0. The molecule has 0 aliphatic heterocycles. The minimum Gasteiger partial charge on any atom is -0.409 e. The number of carbonyl (C=O) groups is 2. The normalized spacial score (nSPS) is 10.8. The third-order valence-electron chi connectivity index (χ3n) is 4.87. The van der Waals surface area contributed by atoms with Crippen LogP contribution in [0, 0.1) is 0 Å². The van der Waals surface area contributed by atoms with E-state index in [-0.39, 0.29) is 0 Å². The molecule has 0 aliphatic carbocycles. The van der Waals surface area contributed by atoms with Crippen LogP contribution >= 0.6 is 15.9 Å². The van der Waals surface area contributed by atoms with Gasteiger partial charge in [-0.05, 0) is 54.5 Å². The molecule has 0 atom stereocenters. The number of aryl methyl sites for hydroxylation is 1. The first kappa shape index (κ1) is 22.4. The highest BCUT2D eigenvalue weighted by atomic mass is 79.9. The maximum atomic E-state index is 12.4. The zero-order valence-corrected chi connectivity index (χ0v) is 18.5. The molecule has 28 heavy (non-hydrogen) atoms. The molecule has 4 nitrogen and oxygen atoms in total. The van der Waals surface area contributed by atoms with Crippen LogP contribution < -0.4 is 4.84 Å². The smallest absolute Gasteiger partial charge is 0.245 e. The number of ketones is 1. The standard InChI is InChI=1S/C23H30BrNO3/c1-3-5-7-9-19-15-25(28-17-18-11-13-20(24)14-12-18)23(22(27)16-26)21(19)10-8-6-4-2/h11-16H,3-10,17H2,1-2H3. The van der Waals surface area contributed by atoms with Crippen LogP contribution in [0.15, 0.2) is 34.9 Å². The van der Waals surface area contributed by atoms with Crippen molar-refractivity contribution in [3.63, 3.8) is 0 Å². The van der Waals surface area contributed by atoms with Crippen LogP contribution in [0.2, 0.25) is 0 Å². The maximum Gasteiger partial charge on any atom is 0.245 e. The average Bonchev–Trinajstić information content (AvgIpc) is 3.05. The van der Waals surface area contributed by atoms with Gasteiger partial charge in [-0.2, -0.15) is 4.73 Å². The van der Waals surface area contributed by atoms with E-state index in [0.717, 1.165) is 72.5 Å². The van der Waals surface area contributed by atoms with Crippen molar-refractivity contribution >= 4 is 28.0 Å². The van der Waals surface area contributed by atoms with E-state index in [4.69, 9.17) is 4.84 Å². The topological polar surface area (TPSA) is 48.3 Å². The third kappa shape index (κ3) is 6.33. The van der Waals surface area contributed by atoms with Crippen LogP contribution in [0.4, 0.5) is 0 Å². The van der Waals surface area contributed by atoms with E-state index in [1.165, 1.54) is 4.73 Å². The molecule has 0 saturated heterocycles. The van der Waals surface area contributed by atoms with Gasteiger partial charge in [-0.15, -0.1) is 0 Å². The van der Waals surface area contributed by atoms with Crippen molar-refractivity contribution in [2.45, 2.75) is 71.8 Å². The van der Waals surface area contributed by atoms with Crippen molar-refractivity contribution in [2.75, 3.05) is 0 Å². The second-order valence-electron chi connectivity index (χ2n) is 7.10. The maximum absolute atomic E-state index is 12.4. The second-order valence-corrected chi connectivity index (χ2v) is 8.02. The van der Waals surface area contributed by atoms with Gasteiger partial charge in [0.15, 0.2) is 6.29 Å². The van der Waals surface area contributed by atoms with Crippen LogP contribution in [-0.4, -0.2) is 16.8 Å². The second kappa shape index (κ2) is 11.8. The first-order valence-electron chi connectivity index (χ1n) is 10.2. The van der Waals surface area contributed by atoms with Crippen molar-refractivity contribution < 1.29 is 14.4 Å². The molecule has 0 spiro atoms. The van der Waals surface area contributed by atoms with Gasteiger partial charge in [0.25, 0.3) is 0 Å². The Morgan fingerprint density at radius 3 is 2.29 bits per heavy atom. The molecule has 0 bridgehead atoms. The lowest BCUT2D eigenvalue weighted by Gasteiger charge is -2.11. The van der Waals surface area contributed by atoms with Gasteiger partial charge in [-0.3, -0.25) is 9.59 Å². The SMILES string of the molecule is CCCCCc1cn(OCc2ccc(Br)cc2)c(C(=O)C=O)c1CCCCC. The molecule has 0 amide bonds. The predicted molar refractivity (Wildman–Crippen MR) is 116 cm³/mol. The van der Waals surface area contributed by atoms with Crippen molar-refractivity contribution in [1.29, 1.82) is 0 Å². The lowest BCUT2D eigenvalue weighted by Crippen LogP contribution is -2.18. The number of nitrogens with zero attached hydrogens (tertiary/aromatic N) is 1. The van der Waals surface area contributed by atoms with Gasteiger partial charge in [-0.25, -0.2) is 0 Å². The summed E-state index contributed by atoms with van der Waals surface area (Å²) in [5.74, 6) is -0.510. The van der Waals surface area contributed by atoms with Gasteiger partial charge in [0.1, 0.15) is 12.3 Å². The Morgan fingerprint density at radius 1 is 1.04 bits per heavy atom. The van der Waals surface area contributed by atoms with Gasteiger partial charge < -0.3 is 4.84 Å². The minimum atomic E-state index is -0.510. The minimum absolute atomic E-state index is 0.337. The molecule has 2 rings (SSSR count). The molecule has 1 aromatic carbocycles. The molecule has 152 valence electrons. The van der Waals surface area contributed by atoms with Crippen molar-refractivity contribution in [3.8, 4) is 0 Å². The Morgan fingerprint density at radius 2 is 1.68 bits per heavy atom. The Hall–Kier alpha value is -1.88. The summed E-state index contributed by atoms with van der Waals surface area (Å²) in [6, 6.07) is 7.86. The number of aromatic nitrogens is 1. The van der Waals surface area contributed by atoms with Crippen LogP contribution in [0.3, 0.4) is 0 Å². The lowest BCUT2D eigenvalue weighted by molar-refractivity contribution is -0.104. The Balaban J connectivity index is 2.29. The molecule has 0 saturated carbocycles. The van der Waals surface area contributed by atoms with Crippen molar-refractivity contribution in [2.24, 2.45) is 0 Å². The van der Waals surface area contributed by atoms with E-state index in [1.54, 1.807) is 0 Å². The molecule has 2 aromatic rings. The Kier molecular flexibility index (Phi) is 9.48. The highest BCUT2D eigenvalue weighted by molar-refractivity contribution is 9.10. The molecular weight excluding hydrogens is 418 g/mol. The van der Waals surface area contributed by atoms with Crippen LogP contribution in [0.1, 0.15) is 79.6 Å². The number of aldehydes is 1. The van der Waals surface area contributed by atoms with Crippen LogP contribution in [-0.2, 0) is 24.2 Å². The first-order chi connectivity index (χ1) is 13.6. The fourth-order valence-corrected chi connectivity index (χ4v) is 3.58. The van der Waals surface area contributed by atoms with Crippen molar-refractivity contribution in [1.82, 2.24) is 4.73 Å². The van der Waals surface area contributed by atoms with Crippen LogP contribution in [0.5, 0.6) is 0 Å². The fraction of sp³-hybridized carbons (Fsp3) is 0.478. The molecule has 5 heteroatoms. The quantitative estimate of drug-likeness (QED) is 0.170. The van der Waals surface area contributed by atoms with E-state index < -0.39 is 5.78 Å². The molecule has 1 aromatic heterocycles. The zero-order valence-electron chi connectivity index (χ0n) is 16.9. The Bertz CT molecular complexity index is 765. The fourth-order valence-electron chi connectivity index (χ4n) is 3.32. The van der Waals surface area contributed by atoms with Gasteiger partial charge in [0, 0.05) is 10.7 Å². The molecule has 0 radical (unpaired) electrons. The summed E-state index contributed by atoms with van der Waals surface area (Å²) in [5, 5.41) is 0. The number of hydrogen-bond donors (Lipinski definition) is 0. The van der Waals surface area contributed by atoms with Gasteiger partial charge in [0.05, 0.1) is 0 Å². The molecule has 0 unspecified atom stereocenters. The summed E-state index contributed by atoms with van der Waals surface area (Å²) in [5.41, 5.74) is 3.51. The zero-order chi connectivity index (χ0) is 20.4. The molecular formula is C23H30BrNO3. The van der Waals surface area contributed by atoms with E-state index in [0.29, 0.717) is 18.6 Å². The first-order valence-corrected chi connectivity index (χ1v) is 11.0. The van der Waals surface area contributed by atoms with Crippen molar-refractivity contribution in [3.05, 3.63) is 57.3 Å². The summed E-state index contributed by atoms with van der Waals surface area (Å²) >= 11 is 3.42. The highest BCUT2D eigenvalue weighted by Gasteiger charge is 2.22. The van der Waals surface area contributed by atoms with E-state index in [9.17, 15) is 9.59 Å². The van der Waals surface area contributed by atoms with Gasteiger partial charge >= 0.3 is 0 Å². The van der Waals surface area contributed by atoms with E-state index >= 15 is 0 Å². The van der Waals surface area contributed by atoms with Gasteiger partial charge in [0.2, 0.25) is 5.78 Å². The van der Waals surface area contributed by atoms with E-state index in [1.807, 2.05) is 30.5 Å². The van der Waals surface area contributed by atoms with Crippen LogP contribution in [0.25, 0.3) is 0 Å². The average molecular weight is 448 g/mol. The number of hydrogen-bond acceptors (Lipinski definition) is 3. The number of halogens is 1. The van der Waals surface area contributed by atoms with Gasteiger partial charge in [-0.1, -0.05) is 67.6 Å². The summed E-state index contributed by atoms with van der Waals surface area (Å²) in [4.78, 5) is 29.7. The Labute approximate surface area is 176 Å². The largest absolute Gasteiger partial charge is 0.409 e. The third-order valence-corrected chi connectivity index (χ3v) is 5.40. The number of unbranched alkanes of at least 4 members (excludes halogenated alkanes) is 4. The monoisotopic (exact) mass is 447 g/mol. The molecule has 1 heterocycles. The predicted octanol–water partition coefficient (Wildman–Crippen LogP) is 5.73. The van der Waals surface area contributed by atoms with E-state index in [2.05, 4.69) is 29.8 Å². The molecule has 0 aliphatic rings. The summed E-state index contributed by atoms with van der Waals surface area (Å²) in [6.07, 6.45) is 10.6. The number of rotatable bonds is 13. The number of carbonyl (C=O) groups excluding carboxylic acids is 2. The highest BCUT2D eigenvalue weighted by Crippen LogP contribution is 2.23. The molecule has 0 fully saturated rings. The molecule has 0 N–H and O–H groups in total. The number of benzene rings is 1. The lowest BCUT2D eigenvalue weighted by atomic mass is 9.98.